The molecule has 0 bridgehead atoms. The van der Waals surface area contributed by atoms with E-state index in [1.807, 2.05) is 42.5 Å². The number of amides is 1. The lowest BCUT2D eigenvalue weighted by molar-refractivity contribution is 0.0951. The highest BCUT2D eigenvalue weighted by Gasteiger charge is 2.06. The van der Waals surface area contributed by atoms with Crippen LogP contribution in [0.15, 0.2) is 77.7 Å². The average molecular weight is 362 g/mol. The van der Waals surface area contributed by atoms with Crippen molar-refractivity contribution in [2.75, 3.05) is 0 Å². The smallest absolute Gasteiger partial charge is 0.251 e. The Labute approximate surface area is 159 Å². The van der Waals surface area contributed by atoms with Crippen molar-refractivity contribution >= 4 is 17.7 Å². The van der Waals surface area contributed by atoms with Crippen LogP contribution in [0.1, 0.15) is 32.6 Å². The Morgan fingerprint density at radius 3 is 2.27 bits per heavy atom. The molecule has 0 saturated heterocycles. The molecule has 0 radical (unpaired) electrons. The maximum absolute atomic E-state index is 12.3. The molecule has 3 aromatic carbocycles. The second-order valence-corrected chi connectivity index (χ2v) is 7.46. The molecule has 0 aromatic heterocycles. The number of thioether (sulfide) groups is 1. The van der Waals surface area contributed by atoms with E-state index in [9.17, 15) is 4.79 Å². The maximum Gasteiger partial charge on any atom is 0.251 e. The number of benzene rings is 3. The van der Waals surface area contributed by atoms with E-state index in [2.05, 4.69) is 49.5 Å². The third kappa shape index (κ3) is 4.99. The van der Waals surface area contributed by atoms with Gasteiger partial charge in [0.2, 0.25) is 0 Å². The molecule has 0 unspecified atom stereocenters. The zero-order chi connectivity index (χ0) is 18.4. The minimum Gasteiger partial charge on any atom is -0.348 e. The molecular weight excluding hydrogens is 338 g/mol. The van der Waals surface area contributed by atoms with Crippen molar-refractivity contribution in [2.45, 2.75) is 31.0 Å². The first-order valence-electron chi connectivity index (χ1n) is 8.73. The molecular formula is C23H23NOS. The third-order valence-electron chi connectivity index (χ3n) is 4.34. The molecule has 3 rings (SSSR count). The van der Waals surface area contributed by atoms with E-state index in [0.717, 1.165) is 11.3 Å². The summed E-state index contributed by atoms with van der Waals surface area (Å²) >= 11 is 1.81. The average Bonchev–Trinajstić information content (AvgIpc) is 2.67. The highest BCUT2D eigenvalue weighted by Crippen LogP contribution is 2.23. The largest absolute Gasteiger partial charge is 0.348 e. The quantitative estimate of drug-likeness (QED) is 0.585. The first-order valence-corrected chi connectivity index (χ1v) is 9.71. The van der Waals surface area contributed by atoms with Crippen LogP contribution in [-0.4, -0.2) is 5.91 Å². The van der Waals surface area contributed by atoms with Crippen molar-refractivity contribution in [1.82, 2.24) is 5.32 Å². The SMILES string of the molecule is Cc1ccc(SCc2ccc(C(=O)NCc3ccccc3C)cc2)cc1. The molecule has 2 nitrogen and oxygen atoms in total. The summed E-state index contributed by atoms with van der Waals surface area (Å²) in [7, 11) is 0. The monoisotopic (exact) mass is 361 g/mol. The van der Waals surface area contributed by atoms with Gasteiger partial charge < -0.3 is 5.32 Å². The molecule has 0 spiro atoms. The molecule has 0 aliphatic heterocycles. The molecule has 1 amide bonds. The van der Waals surface area contributed by atoms with Gasteiger partial charge in [-0.15, -0.1) is 11.8 Å². The summed E-state index contributed by atoms with van der Waals surface area (Å²) in [6.07, 6.45) is 0. The number of aryl methyl sites for hydroxylation is 2. The summed E-state index contributed by atoms with van der Waals surface area (Å²) in [5.74, 6) is 0.861. The van der Waals surface area contributed by atoms with Gasteiger partial charge in [-0.05, 0) is 54.8 Å². The van der Waals surface area contributed by atoms with E-state index >= 15 is 0 Å². The predicted octanol–water partition coefficient (Wildman–Crippen LogP) is 5.53. The second kappa shape index (κ2) is 8.72. The Morgan fingerprint density at radius 1 is 0.885 bits per heavy atom. The molecule has 0 fully saturated rings. The molecule has 0 aliphatic carbocycles. The van der Waals surface area contributed by atoms with Crippen LogP contribution in [0.25, 0.3) is 0 Å². The van der Waals surface area contributed by atoms with E-state index in [4.69, 9.17) is 0 Å². The van der Waals surface area contributed by atoms with Crippen LogP contribution in [0.5, 0.6) is 0 Å². The van der Waals surface area contributed by atoms with Gasteiger partial charge in [-0.3, -0.25) is 4.79 Å². The first-order chi connectivity index (χ1) is 12.6. The second-order valence-electron chi connectivity index (χ2n) is 6.41. The van der Waals surface area contributed by atoms with E-state index in [-0.39, 0.29) is 5.91 Å². The van der Waals surface area contributed by atoms with Crippen LogP contribution >= 0.6 is 11.8 Å². The maximum atomic E-state index is 12.3. The van der Waals surface area contributed by atoms with E-state index in [0.29, 0.717) is 12.1 Å². The minimum absolute atomic E-state index is 0.0361. The summed E-state index contributed by atoms with van der Waals surface area (Å²) in [4.78, 5) is 13.6. The van der Waals surface area contributed by atoms with Gasteiger partial charge in [-0.2, -0.15) is 0 Å². The topological polar surface area (TPSA) is 29.1 Å². The van der Waals surface area contributed by atoms with Crippen molar-refractivity contribution < 1.29 is 4.79 Å². The highest BCUT2D eigenvalue weighted by atomic mass is 32.2. The lowest BCUT2D eigenvalue weighted by atomic mass is 10.1. The van der Waals surface area contributed by atoms with E-state index < -0.39 is 0 Å². The standard InChI is InChI=1S/C23H23NOS/c1-17-7-13-22(14-8-17)26-16-19-9-11-20(12-10-19)23(25)24-15-21-6-4-3-5-18(21)2/h3-14H,15-16H2,1-2H3,(H,24,25). The number of carbonyl (C=O) groups is 1. The molecule has 0 saturated carbocycles. The van der Waals surface area contributed by atoms with Crippen LogP contribution in [0.2, 0.25) is 0 Å². The molecule has 26 heavy (non-hydrogen) atoms. The normalized spacial score (nSPS) is 10.5. The minimum atomic E-state index is -0.0361. The molecule has 0 aliphatic rings. The Balaban J connectivity index is 1.54. The van der Waals surface area contributed by atoms with E-state index in [1.165, 1.54) is 21.6 Å². The predicted molar refractivity (Wildman–Crippen MR) is 110 cm³/mol. The van der Waals surface area contributed by atoms with Crippen LogP contribution < -0.4 is 5.32 Å². The van der Waals surface area contributed by atoms with Gasteiger partial charge in [0.1, 0.15) is 0 Å². The van der Waals surface area contributed by atoms with Crippen molar-refractivity contribution in [3.05, 3.63) is 101 Å². The van der Waals surface area contributed by atoms with Crippen LogP contribution in [-0.2, 0) is 12.3 Å². The Hall–Kier alpha value is -2.52. The lowest BCUT2D eigenvalue weighted by Crippen LogP contribution is -2.23. The fraction of sp³-hybridized carbons (Fsp3) is 0.174. The highest BCUT2D eigenvalue weighted by molar-refractivity contribution is 7.98. The van der Waals surface area contributed by atoms with Gasteiger partial charge in [-0.25, -0.2) is 0 Å². The van der Waals surface area contributed by atoms with Gasteiger partial charge in [0.25, 0.3) is 5.91 Å². The van der Waals surface area contributed by atoms with Crippen molar-refractivity contribution in [2.24, 2.45) is 0 Å². The number of hydrogen-bond acceptors (Lipinski definition) is 2. The summed E-state index contributed by atoms with van der Waals surface area (Å²) in [6.45, 7) is 4.70. The Kier molecular flexibility index (Phi) is 6.13. The Morgan fingerprint density at radius 2 is 1.58 bits per heavy atom. The fourth-order valence-electron chi connectivity index (χ4n) is 2.64. The molecule has 1 N–H and O–H groups in total. The van der Waals surface area contributed by atoms with Crippen molar-refractivity contribution in [1.29, 1.82) is 0 Å². The number of carbonyl (C=O) groups excluding carboxylic acids is 1. The summed E-state index contributed by atoms with van der Waals surface area (Å²) < 4.78 is 0. The summed E-state index contributed by atoms with van der Waals surface area (Å²) in [6, 6.07) is 24.5. The van der Waals surface area contributed by atoms with Crippen molar-refractivity contribution in [3.63, 3.8) is 0 Å². The zero-order valence-corrected chi connectivity index (χ0v) is 16.0. The molecule has 0 heterocycles. The number of hydrogen-bond donors (Lipinski definition) is 1. The Bertz CT molecular complexity index is 869. The van der Waals surface area contributed by atoms with Crippen molar-refractivity contribution in [3.8, 4) is 0 Å². The van der Waals surface area contributed by atoms with Gasteiger partial charge in [0.05, 0.1) is 0 Å². The van der Waals surface area contributed by atoms with Gasteiger partial charge >= 0.3 is 0 Å². The summed E-state index contributed by atoms with van der Waals surface area (Å²) in [5.41, 5.74) is 5.52. The number of nitrogens with one attached hydrogen (secondary N) is 1. The van der Waals surface area contributed by atoms with Crippen LogP contribution in [0.4, 0.5) is 0 Å². The van der Waals surface area contributed by atoms with Crippen LogP contribution in [0, 0.1) is 13.8 Å². The zero-order valence-electron chi connectivity index (χ0n) is 15.2. The molecule has 3 aromatic rings. The summed E-state index contributed by atoms with van der Waals surface area (Å²) in [5, 5.41) is 2.99. The molecule has 0 atom stereocenters. The fourth-order valence-corrected chi connectivity index (χ4v) is 3.49. The van der Waals surface area contributed by atoms with Gasteiger partial charge in [-0.1, -0.05) is 54.1 Å². The van der Waals surface area contributed by atoms with Gasteiger partial charge in [0.15, 0.2) is 0 Å². The molecule has 132 valence electrons. The van der Waals surface area contributed by atoms with Crippen LogP contribution in [0.3, 0.4) is 0 Å². The van der Waals surface area contributed by atoms with E-state index in [1.54, 1.807) is 11.8 Å². The first kappa shape index (κ1) is 18.3. The lowest BCUT2D eigenvalue weighted by Gasteiger charge is -2.08. The number of rotatable bonds is 6. The van der Waals surface area contributed by atoms with Gasteiger partial charge in [0, 0.05) is 22.8 Å². The third-order valence-corrected chi connectivity index (χ3v) is 5.43. The molecule has 3 heteroatoms.